The monoisotopic (exact) mass is 379 g/mol. The Kier molecular flexibility index (Phi) is 10.1. The molecule has 0 saturated carbocycles. The number of pyridine rings is 1. The van der Waals surface area contributed by atoms with Gasteiger partial charge in [-0.15, -0.1) is 0 Å². The lowest BCUT2D eigenvalue weighted by atomic mass is 9.93. The fraction of sp³-hybridized carbons (Fsp3) is 0.440. The second-order valence-electron chi connectivity index (χ2n) is 7.25. The van der Waals surface area contributed by atoms with Gasteiger partial charge in [0.05, 0.1) is 0 Å². The molecule has 1 unspecified atom stereocenters. The van der Waals surface area contributed by atoms with Crippen LogP contribution in [0.1, 0.15) is 75.8 Å². The van der Waals surface area contributed by atoms with Gasteiger partial charge in [0, 0.05) is 24.3 Å². The summed E-state index contributed by atoms with van der Waals surface area (Å²) in [4.78, 5) is 16.5. The third-order valence-electron chi connectivity index (χ3n) is 4.88. The Hall–Kier alpha value is -2.42. The first-order valence-electron chi connectivity index (χ1n) is 10.6. The molecule has 28 heavy (non-hydrogen) atoms. The molecule has 3 heteroatoms. The molecule has 3 nitrogen and oxygen atoms in total. The average molecular weight is 380 g/mol. The zero-order valence-electron chi connectivity index (χ0n) is 17.3. The molecule has 1 aromatic carbocycles. The molecule has 2 rings (SSSR count). The van der Waals surface area contributed by atoms with Crippen molar-refractivity contribution in [2.75, 3.05) is 0 Å². The Morgan fingerprint density at radius 1 is 1.00 bits per heavy atom. The van der Waals surface area contributed by atoms with Gasteiger partial charge in [-0.1, -0.05) is 88.4 Å². The van der Waals surface area contributed by atoms with Gasteiger partial charge in [0.1, 0.15) is 0 Å². The van der Waals surface area contributed by atoms with E-state index in [2.05, 4.69) is 31.0 Å². The summed E-state index contributed by atoms with van der Waals surface area (Å²) in [6.45, 7) is 4.39. The summed E-state index contributed by atoms with van der Waals surface area (Å²) >= 11 is 0. The number of allylic oxidation sites excluding steroid dienone is 1. The second-order valence-corrected chi connectivity index (χ2v) is 7.25. The lowest BCUT2D eigenvalue weighted by Gasteiger charge is -2.12. The summed E-state index contributed by atoms with van der Waals surface area (Å²) in [5.41, 5.74) is 2.42. The van der Waals surface area contributed by atoms with Crippen LogP contribution >= 0.6 is 0 Å². The molecule has 1 atom stereocenters. The molecule has 1 aromatic heterocycles. The van der Waals surface area contributed by atoms with Crippen molar-refractivity contribution in [1.82, 2.24) is 4.98 Å². The van der Waals surface area contributed by atoms with Crippen molar-refractivity contribution >= 4 is 5.97 Å². The SMILES string of the molecule is CCCCCCc1ccc(OC(=O)/C=C/C(CCCC)c2ccccc2)nc1. The van der Waals surface area contributed by atoms with Gasteiger partial charge >= 0.3 is 5.97 Å². The van der Waals surface area contributed by atoms with E-state index in [9.17, 15) is 4.79 Å². The smallest absolute Gasteiger partial charge is 0.337 e. The molecular formula is C25H33NO2. The predicted molar refractivity (Wildman–Crippen MR) is 116 cm³/mol. The highest BCUT2D eigenvalue weighted by molar-refractivity contribution is 5.83. The number of aromatic nitrogens is 1. The van der Waals surface area contributed by atoms with Crippen molar-refractivity contribution in [3.05, 3.63) is 71.9 Å². The maximum Gasteiger partial charge on any atom is 0.337 e. The van der Waals surface area contributed by atoms with E-state index in [4.69, 9.17) is 4.74 Å². The third-order valence-corrected chi connectivity index (χ3v) is 4.88. The highest BCUT2D eigenvalue weighted by Crippen LogP contribution is 2.23. The van der Waals surface area contributed by atoms with Gasteiger partial charge in [0.15, 0.2) is 0 Å². The highest BCUT2D eigenvalue weighted by atomic mass is 16.5. The Morgan fingerprint density at radius 2 is 1.79 bits per heavy atom. The summed E-state index contributed by atoms with van der Waals surface area (Å²) in [6.07, 6.45) is 14.6. The van der Waals surface area contributed by atoms with Gasteiger partial charge in [0.25, 0.3) is 0 Å². The first kappa shape index (κ1) is 21.9. The van der Waals surface area contributed by atoms with Crippen molar-refractivity contribution in [3.63, 3.8) is 0 Å². The summed E-state index contributed by atoms with van der Waals surface area (Å²) in [5.74, 6) is 0.213. The molecule has 0 aliphatic carbocycles. The predicted octanol–water partition coefficient (Wildman–Crippen LogP) is 6.64. The molecule has 1 heterocycles. The average Bonchev–Trinajstić information content (AvgIpc) is 2.73. The van der Waals surface area contributed by atoms with E-state index in [0.717, 1.165) is 25.7 Å². The zero-order valence-corrected chi connectivity index (χ0v) is 17.3. The second kappa shape index (κ2) is 12.9. The van der Waals surface area contributed by atoms with Crippen LogP contribution in [0.5, 0.6) is 5.88 Å². The number of carbonyl (C=O) groups excluding carboxylic acids is 1. The van der Waals surface area contributed by atoms with Gasteiger partial charge in [-0.2, -0.15) is 0 Å². The van der Waals surface area contributed by atoms with Crippen LogP contribution in [0.4, 0.5) is 0 Å². The summed E-state index contributed by atoms with van der Waals surface area (Å²) in [5, 5.41) is 0. The fourth-order valence-electron chi connectivity index (χ4n) is 3.21. The molecule has 0 saturated heterocycles. The van der Waals surface area contributed by atoms with Crippen LogP contribution < -0.4 is 4.74 Å². The normalized spacial score (nSPS) is 12.2. The van der Waals surface area contributed by atoms with Gasteiger partial charge in [-0.25, -0.2) is 9.78 Å². The molecule has 0 spiro atoms. The first-order valence-corrected chi connectivity index (χ1v) is 10.6. The Labute approximate surface area is 169 Å². The summed E-state index contributed by atoms with van der Waals surface area (Å²) in [7, 11) is 0. The molecule has 2 aromatic rings. The topological polar surface area (TPSA) is 39.2 Å². The maximum atomic E-state index is 12.2. The lowest BCUT2D eigenvalue weighted by Crippen LogP contribution is -2.06. The number of aryl methyl sites for hydroxylation is 1. The van der Waals surface area contributed by atoms with Gasteiger partial charge in [-0.05, 0) is 30.4 Å². The number of benzene rings is 1. The third kappa shape index (κ3) is 8.08. The molecule has 0 N–H and O–H groups in total. The number of nitrogens with zero attached hydrogens (tertiary/aromatic N) is 1. The highest BCUT2D eigenvalue weighted by Gasteiger charge is 2.09. The maximum absolute atomic E-state index is 12.2. The van der Waals surface area contributed by atoms with E-state index in [1.54, 1.807) is 6.07 Å². The van der Waals surface area contributed by atoms with Crippen LogP contribution in [0.2, 0.25) is 0 Å². The van der Waals surface area contributed by atoms with E-state index in [-0.39, 0.29) is 11.9 Å². The van der Waals surface area contributed by atoms with Crippen molar-refractivity contribution in [2.24, 2.45) is 0 Å². The molecule has 0 bridgehead atoms. The minimum absolute atomic E-state index is 0.229. The molecule has 0 amide bonds. The Bertz CT molecular complexity index is 707. The van der Waals surface area contributed by atoms with E-state index < -0.39 is 0 Å². The van der Waals surface area contributed by atoms with Crippen LogP contribution in [0.3, 0.4) is 0 Å². The van der Waals surface area contributed by atoms with Crippen LogP contribution in [-0.2, 0) is 11.2 Å². The number of hydrogen-bond donors (Lipinski definition) is 0. The molecular weight excluding hydrogens is 346 g/mol. The van der Waals surface area contributed by atoms with Crippen LogP contribution in [0.15, 0.2) is 60.8 Å². The van der Waals surface area contributed by atoms with Crippen LogP contribution in [-0.4, -0.2) is 11.0 Å². The van der Waals surface area contributed by atoms with Crippen molar-refractivity contribution in [1.29, 1.82) is 0 Å². The van der Waals surface area contributed by atoms with Crippen LogP contribution in [0.25, 0.3) is 0 Å². The Balaban J connectivity index is 1.88. The molecule has 150 valence electrons. The quantitative estimate of drug-likeness (QED) is 0.236. The number of ether oxygens (including phenoxy) is 1. The fourth-order valence-corrected chi connectivity index (χ4v) is 3.21. The number of unbranched alkanes of at least 4 members (excludes halogenated alkanes) is 4. The van der Waals surface area contributed by atoms with E-state index in [1.807, 2.05) is 36.5 Å². The number of hydrogen-bond acceptors (Lipinski definition) is 3. The standard InChI is InChI=1S/C25H33NO2/c1-3-5-7-9-12-21-16-18-24(26-20-21)28-25(27)19-17-23(13-6-4-2)22-14-10-8-11-15-22/h8,10-11,14-20,23H,3-7,9,12-13H2,1-2H3/b19-17+. The summed E-state index contributed by atoms with van der Waals surface area (Å²) < 4.78 is 5.37. The number of carbonyl (C=O) groups is 1. The molecule has 0 radical (unpaired) electrons. The van der Waals surface area contributed by atoms with Crippen molar-refractivity contribution in [3.8, 4) is 5.88 Å². The van der Waals surface area contributed by atoms with Crippen LogP contribution in [0, 0.1) is 0 Å². The van der Waals surface area contributed by atoms with Gasteiger partial charge in [0.2, 0.25) is 5.88 Å². The van der Waals surface area contributed by atoms with E-state index in [0.29, 0.717) is 5.88 Å². The molecule has 0 fully saturated rings. The minimum atomic E-state index is -0.374. The number of esters is 1. The molecule has 0 aliphatic rings. The van der Waals surface area contributed by atoms with E-state index in [1.165, 1.54) is 42.9 Å². The Morgan fingerprint density at radius 3 is 2.46 bits per heavy atom. The van der Waals surface area contributed by atoms with Crippen molar-refractivity contribution < 1.29 is 9.53 Å². The van der Waals surface area contributed by atoms with Crippen molar-refractivity contribution in [2.45, 2.75) is 71.1 Å². The number of rotatable bonds is 12. The van der Waals surface area contributed by atoms with E-state index >= 15 is 0 Å². The first-order chi connectivity index (χ1) is 13.7. The molecule has 0 aliphatic heterocycles. The minimum Gasteiger partial charge on any atom is -0.404 e. The largest absolute Gasteiger partial charge is 0.404 e. The van der Waals surface area contributed by atoms with Gasteiger partial charge in [-0.3, -0.25) is 0 Å². The van der Waals surface area contributed by atoms with Gasteiger partial charge < -0.3 is 4.74 Å². The zero-order chi connectivity index (χ0) is 20.0. The summed E-state index contributed by atoms with van der Waals surface area (Å²) in [6, 6.07) is 14.1. The lowest BCUT2D eigenvalue weighted by molar-refractivity contribution is -0.129.